The second-order valence-electron chi connectivity index (χ2n) is 6.67. The smallest absolute Gasteiger partial charge is 0.267 e. The molecule has 146 valence electrons. The van der Waals surface area contributed by atoms with E-state index < -0.39 is 0 Å². The fourth-order valence-corrected chi connectivity index (χ4v) is 3.12. The highest BCUT2D eigenvalue weighted by molar-refractivity contribution is 6.39. The Hall–Kier alpha value is -3.81. The molecule has 1 aliphatic heterocycles. The third-order valence-corrected chi connectivity index (χ3v) is 4.67. The molecule has 0 saturated heterocycles. The van der Waals surface area contributed by atoms with E-state index >= 15 is 0 Å². The zero-order valence-corrected chi connectivity index (χ0v) is 15.9. The van der Waals surface area contributed by atoms with E-state index in [0.29, 0.717) is 18.7 Å². The Morgan fingerprint density at radius 2 is 1.86 bits per heavy atom. The van der Waals surface area contributed by atoms with E-state index in [1.165, 1.54) is 5.01 Å². The molecule has 1 aromatic carbocycles. The average Bonchev–Trinajstić information content (AvgIpc) is 3.19. The number of aromatic nitrogens is 3. The lowest BCUT2D eigenvalue weighted by atomic mass is 10.1. The number of amides is 2. The third kappa shape index (κ3) is 4.06. The summed E-state index contributed by atoms with van der Waals surface area (Å²) in [6.45, 7) is 0.292. The molecular formula is C21H20N6O2. The number of hydrogen-bond acceptors (Lipinski definition) is 5. The molecule has 0 radical (unpaired) electrons. The monoisotopic (exact) mass is 388 g/mol. The van der Waals surface area contributed by atoms with Crippen LogP contribution in [0.25, 0.3) is 16.9 Å². The Labute approximate surface area is 167 Å². The van der Waals surface area contributed by atoms with Crippen LogP contribution >= 0.6 is 0 Å². The van der Waals surface area contributed by atoms with Crippen molar-refractivity contribution in [1.82, 2.24) is 25.1 Å². The molecule has 8 heteroatoms. The number of carbonyl (C=O) groups excluding carboxylic acids is 2. The van der Waals surface area contributed by atoms with Crippen LogP contribution in [0.1, 0.15) is 18.4 Å². The van der Waals surface area contributed by atoms with Crippen LogP contribution in [0.3, 0.4) is 0 Å². The van der Waals surface area contributed by atoms with Gasteiger partial charge in [-0.2, -0.15) is 10.2 Å². The predicted molar refractivity (Wildman–Crippen MR) is 108 cm³/mol. The lowest BCUT2D eigenvalue weighted by molar-refractivity contribution is -0.130. The number of para-hydroxylation sites is 1. The van der Waals surface area contributed by atoms with Gasteiger partial charge in [0.15, 0.2) is 0 Å². The van der Waals surface area contributed by atoms with Gasteiger partial charge in [-0.25, -0.2) is 9.69 Å². The zero-order chi connectivity index (χ0) is 20.2. The first kappa shape index (κ1) is 18.5. The van der Waals surface area contributed by atoms with Gasteiger partial charge >= 0.3 is 0 Å². The van der Waals surface area contributed by atoms with Gasteiger partial charge in [0, 0.05) is 56.2 Å². The fraction of sp³-hybridized carbons (Fsp3) is 0.190. The second-order valence-corrected chi connectivity index (χ2v) is 6.67. The zero-order valence-electron chi connectivity index (χ0n) is 15.9. The van der Waals surface area contributed by atoms with Crippen molar-refractivity contribution in [2.75, 3.05) is 7.05 Å². The Kier molecular flexibility index (Phi) is 5.15. The third-order valence-electron chi connectivity index (χ3n) is 4.67. The predicted octanol–water partition coefficient (Wildman–Crippen LogP) is 2.16. The topological polar surface area (TPSA) is 92.5 Å². The van der Waals surface area contributed by atoms with E-state index in [0.717, 1.165) is 22.5 Å². The van der Waals surface area contributed by atoms with Crippen LogP contribution in [0.15, 0.2) is 66.2 Å². The summed E-state index contributed by atoms with van der Waals surface area (Å²) in [5.74, 6) is -0.372. The van der Waals surface area contributed by atoms with Gasteiger partial charge in [-0.1, -0.05) is 18.2 Å². The first-order valence-electron chi connectivity index (χ1n) is 9.28. The molecule has 8 nitrogen and oxygen atoms in total. The van der Waals surface area contributed by atoms with Crippen molar-refractivity contribution in [3.05, 3.63) is 66.6 Å². The molecule has 2 aromatic heterocycles. The molecule has 1 N–H and O–H groups in total. The Bertz CT molecular complexity index is 1060. The summed E-state index contributed by atoms with van der Waals surface area (Å²) in [7, 11) is 1.56. The summed E-state index contributed by atoms with van der Waals surface area (Å²) in [4.78, 5) is 28.1. The maximum absolute atomic E-state index is 12.5. The van der Waals surface area contributed by atoms with E-state index in [4.69, 9.17) is 5.10 Å². The minimum atomic E-state index is -0.280. The number of carbonyl (C=O) groups is 2. The highest BCUT2D eigenvalue weighted by Crippen LogP contribution is 2.23. The van der Waals surface area contributed by atoms with Crippen molar-refractivity contribution in [1.29, 1.82) is 0 Å². The molecular weight excluding hydrogens is 368 g/mol. The number of rotatable bonds is 5. The van der Waals surface area contributed by atoms with Gasteiger partial charge in [0.05, 0.1) is 11.4 Å². The van der Waals surface area contributed by atoms with Gasteiger partial charge < -0.3 is 5.32 Å². The van der Waals surface area contributed by atoms with Crippen molar-refractivity contribution >= 4 is 17.5 Å². The normalized spacial score (nSPS) is 13.9. The summed E-state index contributed by atoms with van der Waals surface area (Å²) in [5.41, 5.74) is 3.84. The lowest BCUT2D eigenvalue weighted by Gasteiger charge is -2.18. The molecule has 0 saturated carbocycles. The lowest BCUT2D eigenvalue weighted by Crippen LogP contribution is -2.37. The number of hydrogen-bond donors (Lipinski definition) is 1. The molecule has 29 heavy (non-hydrogen) atoms. The van der Waals surface area contributed by atoms with Crippen molar-refractivity contribution in [2.24, 2.45) is 5.10 Å². The molecule has 0 fully saturated rings. The quantitative estimate of drug-likeness (QED) is 0.725. The standard InChI is InChI=1S/C21H20N6O2/c1-26-19(28)8-7-18(24-26)21(29)23-13-16-14-27(17-5-3-2-4-6-17)25-20(16)15-9-11-22-12-10-15/h2-6,9-12,14H,7-8,13H2,1H3,(H,23,29). The van der Waals surface area contributed by atoms with Crippen LogP contribution in [0.4, 0.5) is 0 Å². The number of hydrazone groups is 1. The Balaban J connectivity index is 1.59. The molecule has 0 aliphatic carbocycles. The molecule has 3 aromatic rings. The van der Waals surface area contributed by atoms with Crippen LogP contribution in [0.2, 0.25) is 0 Å². The van der Waals surface area contributed by atoms with Crippen LogP contribution in [0.5, 0.6) is 0 Å². The maximum atomic E-state index is 12.5. The van der Waals surface area contributed by atoms with Gasteiger partial charge in [0.1, 0.15) is 5.71 Å². The van der Waals surface area contributed by atoms with Crippen LogP contribution in [0, 0.1) is 0 Å². The van der Waals surface area contributed by atoms with Gasteiger partial charge in [0.25, 0.3) is 5.91 Å². The van der Waals surface area contributed by atoms with Gasteiger partial charge in [-0.3, -0.25) is 14.6 Å². The Morgan fingerprint density at radius 1 is 1.10 bits per heavy atom. The number of nitrogens with zero attached hydrogens (tertiary/aromatic N) is 5. The van der Waals surface area contributed by atoms with Crippen molar-refractivity contribution < 1.29 is 9.59 Å². The molecule has 4 rings (SSSR count). The first-order valence-corrected chi connectivity index (χ1v) is 9.28. The fourth-order valence-electron chi connectivity index (χ4n) is 3.12. The highest BCUT2D eigenvalue weighted by Gasteiger charge is 2.22. The second kappa shape index (κ2) is 8.05. The molecule has 0 bridgehead atoms. The van der Waals surface area contributed by atoms with E-state index in [9.17, 15) is 9.59 Å². The van der Waals surface area contributed by atoms with E-state index in [-0.39, 0.29) is 18.2 Å². The van der Waals surface area contributed by atoms with Crippen molar-refractivity contribution in [3.63, 3.8) is 0 Å². The number of benzene rings is 1. The van der Waals surface area contributed by atoms with Crippen LogP contribution < -0.4 is 5.32 Å². The summed E-state index contributed by atoms with van der Waals surface area (Å²) < 4.78 is 1.79. The summed E-state index contributed by atoms with van der Waals surface area (Å²) in [6, 6.07) is 13.5. The van der Waals surface area contributed by atoms with Crippen molar-refractivity contribution in [3.8, 4) is 16.9 Å². The van der Waals surface area contributed by atoms with Crippen molar-refractivity contribution in [2.45, 2.75) is 19.4 Å². The largest absolute Gasteiger partial charge is 0.347 e. The van der Waals surface area contributed by atoms with E-state index in [1.54, 1.807) is 24.1 Å². The van der Waals surface area contributed by atoms with Crippen LogP contribution in [-0.2, 0) is 16.1 Å². The van der Waals surface area contributed by atoms with Gasteiger partial charge in [-0.05, 0) is 24.3 Å². The average molecular weight is 388 g/mol. The minimum Gasteiger partial charge on any atom is -0.347 e. The van der Waals surface area contributed by atoms with Gasteiger partial charge in [-0.15, -0.1) is 0 Å². The summed E-state index contributed by atoms with van der Waals surface area (Å²) >= 11 is 0. The number of pyridine rings is 1. The highest BCUT2D eigenvalue weighted by atomic mass is 16.2. The molecule has 0 spiro atoms. The maximum Gasteiger partial charge on any atom is 0.267 e. The van der Waals surface area contributed by atoms with Crippen LogP contribution in [-0.4, -0.2) is 44.3 Å². The summed E-state index contributed by atoms with van der Waals surface area (Å²) in [5, 5.41) is 12.9. The van der Waals surface area contributed by atoms with Gasteiger partial charge in [0.2, 0.25) is 5.91 Å². The SMILES string of the molecule is CN1N=C(C(=O)NCc2cn(-c3ccccc3)nc2-c2ccncc2)CCC1=O. The molecule has 0 unspecified atom stereocenters. The molecule has 3 heterocycles. The first-order chi connectivity index (χ1) is 14.1. The summed E-state index contributed by atoms with van der Waals surface area (Å²) in [6.07, 6.45) is 5.96. The minimum absolute atomic E-state index is 0.0920. The van der Waals surface area contributed by atoms with E-state index in [2.05, 4.69) is 15.4 Å². The molecule has 0 atom stereocenters. The Morgan fingerprint density at radius 3 is 2.59 bits per heavy atom. The van der Waals surface area contributed by atoms with E-state index in [1.807, 2.05) is 48.7 Å². The molecule has 1 aliphatic rings. The molecule has 2 amide bonds. The number of nitrogens with one attached hydrogen (secondary N) is 1.